The van der Waals surface area contributed by atoms with Crippen LogP contribution in [0.1, 0.15) is 51.4 Å². The summed E-state index contributed by atoms with van der Waals surface area (Å²) in [6.45, 7) is 0. The smallest absolute Gasteiger partial charge is 0.0251 e. The molecule has 87 valence electrons. The van der Waals surface area contributed by atoms with Crippen molar-refractivity contribution in [1.29, 1.82) is 0 Å². The molecule has 0 unspecified atom stereocenters. The van der Waals surface area contributed by atoms with Crippen molar-refractivity contribution in [3.63, 3.8) is 0 Å². The molecule has 2 saturated carbocycles. The van der Waals surface area contributed by atoms with E-state index in [1.165, 1.54) is 51.4 Å². The summed E-state index contributed by atoms with van der Waals surface area (Å²) in [6, 6.07) is 0. The zero-order valence-electron chi connectivity index (χ0n) is 9.56. The van der Waals surface area contributed by atoms with Gasteiger partial charge < -0.3 is 0 Å². The van der Waals surface area contributed by atoms with Gasteiger partial charge in [0, 0.05) is 29.1 Å². The highest BCUT2D eigenvalue weighted by molar-refractivity contribution is 6.18. The van der Waals surface area contributed by atoms with Crippen LogP contribution in [0.25, 0.3) is 0 Å². The largest absolute Gasteiger partial charge is 0.126 e. The van der Waals surface area contributed by atoms with Gasteiger partial charge in [0.25, 0.3) is 0 Å². The standard InChI is InChI=1S/2C6H11Cl.Al/c2*7-5-6-3-1-2-4-6;/h2*6H,1-5H2;. The van der Waals surface area contributed by atoms with Crippen molar-refractivity contribution < 1.29 is 0 Å². The highest BCUT2D eigenvalue weighted by Crippen LogP contribution is 2.25. The van der Waals surface area contributed by atoms with E-state index in [0.29, 0.717) is 0 Å². The monoisotopic (exact) mass is 263 g/mol. The lowest BCUT2D eigenvalue weighted by Crippen LogP contribution is -1.91. The van der Waals surface area contributed by atoms with Gasteiger partial charge in [-0.25, -0.2) is 0 Å². The fraction of sp³-hybridized carbons (Fsp3) is 1.00. The summed E-state index contributed by atoms with van der Waals surface area (Å²) in [5, 5.41) is 0. The average molecular weight is 264 g/mol. The highest BCUT2D eigenvalue weighted by atomic mass is 35.5. The van der Waals surface area contributed by atoms with Crippen molar-refractivity contribution in [3.05, 3.63) is 0 Å². The molecule has 0 bridgehead atoms. The quantitative estimate of drug-likeness (QED) is 0.510. The summed E-state index contributed by atoms with van der Waals surface area (Å²) < 4.78 is 0. The van der Waals surface area contributed by atoms with E-state index in [4.69, 9.17) is 23.2 Å². The van der Waals surface area contributed by atoms with E-state index in [1.54, 1.807) is 0 Å². The van der Waals surface area contributed by atoms with Crippen LogP contribution in [0.2, 0.25) is 0 Å². The van der Waals surface area contributed by atoms with E-state index in [1.807, 2.05) is 0 Å². The maximum Gasteiger partial charge on any atom is 0.0251 e. The van der Waals surface area contributed by atoms with Crippen LogP contribution < -0.4 is 0 Å². The van der Waals surface area contributed by atoms with Gasteiger partial charge in [0.1, 0.15) is 0 Å². The molecular weight excluding hydrogens is 242 g/mol. The Bertz CT molecular complexity index is 114. The molecule has 0 aromatic heterocycles. The SMILES string of the molecule is ClCC1CCCC1.ClCC1CCCC1.[Al]. The van der Waals surface area contributed by atoms with E-state index in [2.05, 4.69) is 0 Å². The van der Waals surface area contributed by atoms with Crippen LogP contribution in [0.3, 0.4) is 0 Å². The molecule has 2 aliphatic rings. The Labute approximate surface area is 115 Å². The molecule has 0 atom stereocenters. The lowest BCUT2D eigenvalue weighted by molar-refractivity contribution is 0.619. The van der Waals surface area contributed by atoms with Gasteiger partial charge in [-0.1, -0.05) is 25.7 Å². The van der Waals surface area contributed by atoms with Crippen molar-refractivity contribution in [1.82, 2.24) is 0 Å². The molecule has 0 N–H and O–H groups in total. The van der Waals surface area contributed by atoms with Crippen molar-refractivity contribution in [2.75, 3.05) is 11.8 Å². The molecule has 0 aromatic carbocycles. The van der Waals surface area contributed by atoms with Gasteiger partial charge in [0.05, 0.1) is 0 Å². The maximum absolute atomic E-state index is 5.61. The van der Waals surface area contributed by atoms with Gasteiger partial charge in [-0.15, -0.1) is 23.2 Å². The van der Waals surface area contributed by atoms with Gasteiger partial charge in [0.2, 0.25) is 0 Å². The van der Waals surface area contributed by atoms with Crippen LogP contribution in [0, 0.1) is 11.8 Å². The normalized spacial score (nSPS) is 22.0. The van der Waals surface area contributed by atoms with Crippen molar-refractivity contribution in [2.24, 2.45) is 11.8 Å². The minimum Gasteiger partial charge on any atom is -0.126 e. The van der Waals surface area contributed by atoms with Crippen molar-refractivity contribution >= 4 is 40.6 Å². The summed E-state index contributed by atoms with van der Waals surface area (Å²) in [5.41, 5.74) is 0. The predicted octanol–water partition coefficient (Wildman–Crippen LogP) is 4.45. The number of hydrogen-bond acceptors (Lipinski definition) is 0. The van der Waals surface area contributed by atoms with Crippen LogP contribution in [0.4, 0.5) is 0 Å². The van der Waals surface area contributed by atoms with Crippen molar-refractivity contribution in [2.45, 2.75) is 51.4 Å². The van der Waals surface area contributed by atoms with Gasteiger partial charge >= 0.3 is 0 Å². The topological polar surface area (TPSA) is 0 Å². The molecule has 3 heteroatoms. The first-order valence-corrected chi connectivity index (χ1v) is 7.05. The predicted molar refractivity (Wildman–Crippen MR) is 71.1 cm³/mol. The lowest BCUT2D eigenvalue weighted by Gasteiger charge is -1.97. The Balaban J connectivity index is 0.000000245. The Morgan fingerprint density at radius 3 is 1.07 bits per heavy atom. The van der Waals surface area contributed by atoms with Crippen molar-refractivity contribution in [3.8, 4) is 0 Å². The number of hydrogen-bond donors (Lipinski definition) is 0. The van der Waals surface area contributed by atoms with Crippen LogP contribution in [0.5, 0.6) is 0 Å². The molecule has 0 amide bonds. The minimum absolute atomic E-state index is 0. The molecule has 0 nitrogen and oxygen atoms in total. The van der Waals surface area contributed by atoms with Gasteiger partial charge in [-0.3, -0.25) is 0 Å². The molecule has 0 aliphatic heterocycles. The number of halogens is 2. The molecule has 15 heavy (non-hydrogen) atoms. The summed E-state index contributed by atoms with van der Waals surface area (Å²) in [7, 11) is 0. The summed E-state index contributed by atoms with van der Waals surface area (Å²) in [4.78, 5) is 0. The first-order valence-electron chi connectivity index (χ1n) is 5.98. The fourth-order valence-electron chi connectivity index (χ4n) is 2.33. The second-order valence-corrected chi connectivity index (χ2v) is 5.23. The van der Waals surface area contributed by atoms with E-state index >= 15 is 0 Å². The number of alkyl halides is 2. The maximum atomic E-state index is 5.61. The van der Waals surface area contributed by atoms with E-state index in [0.717, 1.165) is 23.6 Å². The molecule has 2 rings (SSSR count). The first-order chi connectivity index (χ1) is 6.86. The molecule has 2 fully saturated rings. The highest BCUT2D eigenvalue weighted by Gasteiger charge is 2.12. The van der Waals surface area contributed by atoms with E-state index < -0.39 is 0 Å². The molecule has 0 heterocycles. The Kier molecular flexibility index (Phi) is 11.0. The average Bonchev–Trinajstić information content (AvgIpc) is 2.92. The van der Waals surface area contributed by atoms with Crippen LogP contribution in [-0.4, -0.2) is 29.1 Å². The minimum atomic E-state index is 0. The van der Waals surface area contributed by atoms with Crippen LogP contribution in [-0.2, 0) is 0 Å². The third-order valence-electron chi connectivity index (χ3n) is 3.39. The molecule has 2 aliphatic carbocycles. The van der Waals surface area contributed by atoms with Gasteiger partial charge in [0.15, 0.2) is 0 Å². The van der Waals surface area contributed by atoms with E-state index in [9.17, 15) is 0 Å². The molecular formula is C12H22AlCl2. The Hall–Kier alpha value is 1.11. The third-order valence-corrected chi connectivity index (χ3v) is 4.26. The van der Waals surface area contributed by atoms with Crippen LogP contribution in [0.15, 0.2) is 0 Å². The molecule has 0 saturated heterocycles. The molecule has 0 aromatic rings. The summed E-state index contributed by atoms with van der Waals surface area (Å²) >= 11 is 11.2. The second kappa shape index (κ2) is 10.3. The molecule has 3 radical (unpaired) electrons. The first kappa shape index (κ1) is 16.1. The second-order valence-electron chi connectivity index (χ2n) is 4.61. The van der Waals surface area contributed by atoms with Gasteiger partial charge in [-0.05, 0) is 37.5 Å². The fourth-order valence-corrected chi connectivity index (χ4v) is 2.95. The zero-order chi connectivity index (χ0) is 10.2. The third kappa shape index (κ3) is 7.11. The molecule has 0 spiro atoms. The van der Waals surface area contributed by atoms with Gasteiger partial charge in [-0.2, -0.15) is 0 Å². The summed E-state index contributed by atoms with van der Waals surface area (Å²) in [5.74, 6) is 3.50. The summed E-state index contributed by atoms with van der Waals surface area (Å²) in [6.07, 6.45) is 11.2. The number of rotatable bonds is 2. The van der Waals surface area contributed by atoms with E-state index in [-0.39, 0.29) is 17.4 Å². The zero-order valence-corrected chi connectivity index (χ0v) is 12.2. The lowest BCUT2D eigenvalue weighted by atomic mass is 10.1. The Morgan fingerprint density at radius 1 is 0.667 bits per heavy atom. The van der Waals surface area contributed by atoms with Crippen LogP contribution >= 0.6 is 23.2 Å². The Morgan fingerprint density at radius 2 is 0.933 bits per heavy atom.